The van der Waals surface area contributed by atoms with Crippen molar-refractivity contribution in [2.24, 2.45) is 0 Å². The van der Waals surface area contributed by atoms with Crippen molar-refractivity contribution in [1.82, 2.24) is 10.2 Å². The van der Waals surface area contributed by atoms with Gasteiger partial charge in [0.05, 0.1) is 12.6 Å². The first-order chi connectivity index (χ1) is 20.5. The molecule has 0 aliphatic carbocycles. The highest BCUT2D eigenvalue weighted by atomic mass is 127. The van der Waals surface area contributed by atoms with Gasteiger partial charge >= 0.3 is 6.18 Å². The van der Waals surface area contributed by atoms with Crippen LogP contribution in [0.25, 0.3) is 0 Å². The second-order valence-corrected chi connectivity index (χ2v) is 12.0. The van der Waals surface area contributed by atoms with Crippen molar-refractivity contribution >= 4 is 46.0 Å². The molecule has 0 spiro atoms. The maximum atomic E-state index is 14.5. The first kappa shape index (κ1) is 31.0. The predicted octanol–water partition coefficient (Wildman–Crippen LogP) is 6.99. The van der Waals surface area contributed by atoms with Crippen molar-refractivity contribution in [2.75, 3.05) is 6.54 Å². The fraction of sp³-hybridized carbons (Fsp3) is 0.212. The van der Waals surface area contributed by atoms with E-state index in [1.165, 1.54) is 4.90 Å². The Morgan fingerprint density at radius 1 is 0.930 bits per heavy atom. The molecule has 4 aromatic rings. The fourth-order valence-electron chi connectivity index (χ4n) is 5.79. The molecule has 1 heterocycles. The lowest BCUT2D eigenvalue weighted by molar-refractivity contribution is -0.144. The number of hydrogen-bond donors (Lipinski definition) is 2. The number of nitrogens with zero attached hydrogens (tertiary/aromatic N) is 1. The molecule has 0 saturated heterocycles. The van der Waals surface area contributed by atoms with Crippen molar-refractivity contribution < 1.29 is 27.9 Å². The third-order valence-electron chi connectivity index (χ3n) is 7.74. The highest BCUT2D eigenvalue weighted by Gasteiger charge is 2.56. The number of alkyl halides is 3. The number of hydrogen-bond acceptors (Lipinski definition) is 3. The van der Waals surface area contributed by atoms with Gasteiger partial charge in [0.25, 0.3) is 5.91 Å². The molecule has 0 bridgehead atoms. The summed E-state index contributed by atoms with van der Waals surface area (Å²) < 4.78 is 41.5. The summed E-state index contributed by atoms with van der Waals surface area (Å²) in [4.78, 5) is 30.4. The molecule has 0 fully saturated rings. The minimum atomic E-state index is -4.66. The zero-order valence-electron chi connectivity index (χ0n) is 22.7. The third kappa shape index (κ3) is 6.30. The minimum absolute atomic E-state index is 0.000554. The summed E-state index contributed by atoms with van der Waals surface area (Å²) >= 11 is 8.68. The fourth-order valence-corrected chi connectivity index (χ4v) is 6.56. The van der Waals surface area contributed by atoms with Crippen LogP contribution in [0, 0.1) is 3.57 Å². The number of rotatable bonds is 8. The molecule has 5 nitrogen and oxygen atoms in total. The highest BCUT2D eigenvalue weighted by Crippen LogP contribution is 2.50. The zero-order valence-corrected chi connectivity index (χ0v) is 25.7. The predicted molar refractivity (Wildman–Crippen MR) is 166 cm³/mol. The Labute approximate surface area is 265 Å². The van der Waals surface area contributed by atoms with Gasteiger partial charge < -0.3 is 15.3 Å². The van der Waals surface area contributed by atoms with Crippen LogP contribution in [0.15, 0.2) is 97.1 Å². The van der Waals surface area contributed by atoms with E-state index in [1.54, 1.807) is 72.8 Å². The number of aliphatic hydroxyl groups is 1. The number of benzene rings is 4. The molecule has 1 aliphatic rings. The summed E-state index contributed by atoms with van der Waals surface area (Å²) in [5.74, 6) is -1.24. The van der Waals surface area contributed by atoms with Gasteiger partial charge in [-0.2, -0.15) is 13.2 Å². The van der Waals surface area contributed by atoms with Crippen LogP contribution < -0.4 is 5.32 Å². The van der Waals surface area contributed by atoms with Gasteiger partial charge in [0.2, 0.25) is 5.91 Å². The molecule has 2 N–H and O–H groups in total. The van der Waals surface area contributed by atoms with Gasteiger partial charge in [0.1, 0.15) is 12.0 Å². The average molecular weight is 719 g/mol. The van der Waals surface area contributed by atoms with Crippen molar-refractivity contribution in [3.05, 3.63) is 139 Å². The number of aliphatic hydroxyl groups excluding tert-OH is 1. The molecule has 43 heavy (non-hydrogen) atoms. The summed E-state index contributed by atoms with van der Waals surface area (Å²) in [6.07, 6.45) is -4.65. The Morgan fingerprint density at radius 2 is 1.56 bits per heavy atom. The van der Waals surface area contributed by atoms with E-state index in [2.05, 4.69) is 27.9 Å². The number of amides is 2. The van der Waals surface area contributed by atoms with Crippen LogP contribution in [-0.2, 0) is 29.8 Å². The number of carbonyl (C=O) groups is 2. The monoisotopic (exact) mass is 718 g/mol. The average Bonchev–Trinajstić information content (AvgIpc) is 3.00. The van der Waals surface area contributed by atoms with E-state index in [-0.39, 0.29) is 31.0 Å². The molecule has 10 heteroatoms. The normalized spacial score (nSPS) is 18.3. The summed E-state index contributed by atoms with van der Waals surface area (Å²) in [5, 5.41) is 12.3. The zero-order chi connectivity index (χ0) is 30.8. The Kier molecular flexibility index (Phi) is 9.15. The van der Waals surface area contributed by atoms with Crippen molar-refractivity contribution in [2.45, 2.75) is 37.2 Å². The number of halogens is 5. The van der Waals surface area contributed by atoms with Crippen molar-refractivity contribution in [1.29, 1.82) is 0 Å². The Bertz CT molecular complexity index is 1650. The number of fused-ring (bicyclic) bond motifs is 1. The van der Waals surface area contributed by atoms with E-state index >= 15 is 0 Å². The molecule has 5 rings (SSSR count). The highest BCUT2D eigenvalue weighted by molar-refractivity contribution is 14.1. The Hall–Kier alpha value is -3.41. The van der Waals surface area contributed by atoms with E-state index < -0.39 is 30.1 Å². The first-order valence-corrected chi connectivity index (χ1v) is 14.9. The molecule has 2 amide bonds. The maximum absolute atomic E-state index is 14.5. The van der Waals surface area contributed by atoms with Crippen LogP contribution in [0.4, 0.5) is 13.2 Å². The topological polar surface area (TPSA) is 69.6 Å². The third-order valence-corrected chi connectivity index (χ3v) is 9.16. The SMILES string of the molecule is O=C1c2ccccc2[C@](Cc2ccccc2I)(C(=O)NCC(F)(F)F)[C@H](c2ccc(CO)cc2)N1Cc1ccccc1Cl. The molecular weight excluding hydrogens is 692 g/mol. The Morgan fingerprint density at radius 3 is 2.21 bits per heavy atom. The first-order valence-electron chi connectivity index (χ1n) is 13.5. The van der Waals surface area contributed by atoms with Crippen molar-refractivity contribution in [3.63, 3.8) is 0 Å². The van der Waals surface area contributed by atoms with Crippen LogP contribution in [0.5, 0.6) is 0 Å². The lowest BCUT2D eigenvalue weighted by Gasteiger charge is -2.50. The molecule has 2 atom stereocenters. The number of carbonyl (C=O) groups excluding carboxylic acids is 2. The molecule has 0 aromatic heterocycles. The van der Waals surface area contributed by atoms with Crippen LogP contribution >= 0.6 is 34.2 Å². The molecular formula is C33H27ClF3IN2O3. The van der Waals surface area contributed by atoms with Gasteiger partial charge in [-0.05, 0) is 75.0 Å². The minimum Gasteiger partial charge on any atom is -0.392 e. The van der Waals surface area contributed by atoms with E-state index in [0.29, 0.717) is 27.3 Å². The lowest BCUT2D eigenvalue weighted by Crippen LogP contribution is -2.60. The van der Waals surface area contributed by atoms with E-state index in [4.69, 9.17) is 11.6 Å². The summed E-state index contributed by atoms with van der Waals surface area (Å²) in [7, 11) is 0. The van der Waals surface area contributed by atoms with Gasteiger partial charge in [0.15, 0.2) is 0 Å². The second-order valence-electron chi connectivity index (χ2n) is 10.4. The largest absolute Gasteiger partial charge is 0.405 e. The summed E-state index contributed by atoms with van der Waals surface area (Å²) in [5.41, 5.74) is 1.38. The van der Waals surface area contributed by atoms with Gasteiger partial charge in [0, 0.05) is 20.7 Å². The Balaban J connectivity index is 1.82. The van der Waals surface area contributed by atoms with Crippen LogP contribution in [0.1, 0.15) is 44.2 Å². The standard InChI is InChI=1S/C33H27ClF3IN2O3/c34-27-11-5-1-8-24(27)18-40-29(22-15-13-21(19-41)14-16-22)32(31(43)39-20-33(35,36)37,17-23-7-2-6-12-28(23)38)26-10-4-3-9-25(26)30(40)42/h1-16,29,41H,17-20H2,(H,39,43)/t29-,32-/m0/s1. The summed E-state index contributed by atoms with van der Waals surface area (Å²) in [6, 6.07) is 26.7. The van der Waals surface area contributed by atoms with Crippen LogP contribution in [0.2, 0.25) is 5.02 Å². The maximum Gasteiger partial charge on any atom is 0.405 e. The van der Waals surface area contributed by atoms with Gasteiger partial charge in [-0.15, -0.1) is 0 Å². The van der Waals surface area contributed by atoms with Crippen molar-refractivity contribution in [3.8, 4) is 0 Å². The van der Waals surface area contributed by atoms with E-state index in [1.807, 2.05) is 24.3 Å². The molecule has 0 unspecified atom stereocenters. The van der Waals surface area contributed by atoms with Gasteiger partial charge in [-0.3, -0.25) is 9.59 Å². The van der Waals surface area contributed by atoms with Gasteiger partial charge in [-0.1, -0.05) is 90.5 Å². The smallest absolute Gasteiger partial charge is 0.392 e. The summed E-state index contributed by atoms with van der Waals surface area (Å²) in [6.45, 7) is -1.76. The molecule has 1 aliphatic heterocycles. The quantitative estimate of drug-likeness (QED) is 0.193. The van der Waals surface area contributed by atoms with Crippen LogP contribution in [0.3, 0.4) is 0 Å². The van der Waals surface area contributed by atoms with Crippen LogP contribution in [-0.4, -0.2) is 34.5 Å². The number of nitrogens with one attached hydrogen (secondary N) is 1. The lowest BCUT2D eigenvalue weighted by atomic mass is 9.63. The van der Waals surface area contributed by atoms with E-state index in [9.17, 15) is 27.9 Å². The molecule has 4 aromatic carbocycles. The van der Waals surface area contributed by atoms with Gasteiger partial charge in [-0.25, -0.2) is 0 Å². The molecule has 222 valence electrons. The second kappa shape index (κ2) is 12.7. The molecule has 0 saturated carbocycles. The van der Waals surface area contributed by atoms with E-state index in [0.717, 1.165) is 9.13 Å². The molecule has 0 radical (unpaired) electrons.